The van der Waals surface area contributed by atoms with Crippen LogP contribution in [-0.4, -0.2) is 17.6 Å². The predicted octanol–water partition coefficient (Wildman–Crippen LogP) is 1.53. The number of unbranched alkanes of at least 4 members (excludes halogenated alkanes) is 1. The van der Waals surface area contributed by atoms with E-state index in [1.165, 1.54) is 6.08 Å². The van der Waals surface area contributed by atoms with Crippen LogP contribution in [0.1, 0.15) is 19.8 Å². The lowest BCUT2D eigenvalue weighted by atomic mass is 10.3. The van der Waals surface area contributed by atoms with Gasteiger partial charge in [-0.1, -0.05) is 19.9 Å². The molecule has 3 nitrogen and oxygen atoms in total. The van der Waals surface area contributed by atoms with E-state index in [4.69, 9.17) is 5.11 Å². The molecule has 0 aromatic rings. The fourth-order valence-electron chi connectivity index (χ4n) is 0.657. The van der Waals surface area contributed by atoms with Crippen molar-refractivity contribution in [2.75, 3.05) is 6.54 Å². The van der Waals surface area contributed by atoms with Gasteiger partial charge in [-0.05, 0) is 12.5 Å². The van der Waals surface area contributed by atoms with E-state index in [-0.39, 0.29) is 0 Å². The van der Waals surface area contributed by atoms with Crippen LogP contribution in [0.3, 0.4) is 0 Å². The standard InChI is InChI=1S/C9H15NO2/c1-3-4-7-10-8(2)5-6-9(11)12/h5-6,10H,2-4,7H2,1H3,(H,11,12)/b6-5-. The first kappa shape index (κ1) is 10.8. The van der Waals surface area contributed by atoms with Crippen molar-refractivity contribution in [2.45, 2.75) is 19.8 Å². The van der Waals surface area contributed by atoms with E-state index in [9.17, 15) is 4.79 Å². The van der Waals surface area contributed by atoms with Gasteiger partial charge < -0.3 is 10.4 Å². The molecule has 0 heterocycles. The Bertz CT molecular complexity index is 185. The zero-order valence-corrected chi connectivity index (χ0v) is 7.34. The van der Waals surface area contributed by atoms with Gasteiger partial charge in [0.05, 0.1) is 0 Å². The van der Waals surface area contributed by atoms with Gasteiger partial charge >= 0.3 is 5.97 Å². The third kappa shape index (κ3) is 6.86. The first-order valence-corrected chi connectivity index (χ1v) is 4.00. The molecule has 0 rings (SSSR count). The topological polar surface area (TPSA) is 49.3 Å². The Kier molecular flexibility index (Phi) is 5.79. The second-order valence-corrected chi connectivity index (χ2v) is 2.48. The van der Waals surface area contributed by atoms with Gasteiger partial charge in [-0.25, -0.2) is 4.79 Å². The number of carbonyl (C=O) groups is 1. The van der Waals surface area contributed by atoms with E-state index in [1.54, 1.807) is 0 Å². The molecule has 68 valence electrons. The van der Waals surface area contributed by atoms with Crippen LogP contribution in [0.4, 0.5) is 0 Å². The molecule has 0 fully saturated rings. The highest BCUT2D eigenvalue weighted by molar-refractivity contribution is 5.80. The van der Waals surface area contributed by atoms with Crippen LogP contribution in [0.2, 0.25) is 0 Å². The van der Waals surface area contributed by atoms with E-state index < -0.39 is 5.97 Å². The average molecular weight is 169 g/mol. The van der Waals surface area contributed by atoms with Crippen LogP contribution in [-0.2, 0) is 4.79 Å². The first-order chi connectivity index (χ1) is 5.66. The Hall–Kier alpha value is -1.25. The van der Waals surface area contributed by atoms with Crippen molar-refractivity contribution in [3.63, 3.8) is 0 Å². The summed E-state index contributed by atoms with van der Waals surface area (Å²) in [6.45, 7) is 6.58. The number of hydrogen-bond donors (Lipinski definition) is 2. The summed E-state index contributed by atoms with van der Waals surface area (Å²) in [6, 6.07) is 0. The molecule has 12 heavy (non-hydrogen) atoms. The monoisotopic (exact) mass is 169 g/mol. The maximum Gasteiger partial charge on any atom is 0.328 e. The highest BCUT2D eigenvalue weighted by Gasteiger charge is 1.88. The maximum atomic E-state index is 10.1. The van der Waals surface area contributed by atoms with Gasteiger partial charge in [-0.3, -0.25) is 0 Å². The molecule has 0 aromatic carbocycles. The van der Waals surface area contributed by atoms with Crippen LogP contribution in [0.5, 0.6) is 0 Å². The molecule has 0 saturated carbocycles. The Labute approximate surface area is 72.8 Å². The minimum absolute atomic E-state index is 0.644. The molecule has 0 aliphatic rings. The third-order valence-corrected chi connectivity index (χ3v) is 1.31. The molecule has 0 amide bonds. The Morgan fingerprint density at radius 2 is 2.25 bits per heavy atom. The largest absolute Gasteiger partial charge is 0.478 e. The van der Waals surface area contributed by atoms with E-state index >= 15 is 0 Å². The van der Waals surface area contributed by atoms with E-state index in [2.05, 4.69) is 18.8 Å². The summed E-state index contributed by atoms with van der Waals surface area (Å²) in [5, 5.41) is 11.3. The number of hydrogen-bond acceptors (Lipinski definition) is 2. The Balaban J connectivity index is 3.53. The van der Waals surface area contributed by atoms with Crippen molar-refractivity contribution >= 4 is 5.97 Å². The van der Waals surface area contributed by atoms with Gasteiger partial charge in [0.15, 0.2) is 0 Å². The number of carboxylic acids is 1. The summed E-state index contributed by atoms with van der Waals surface area (Å²) in [7, 11) is 0. The minimum Gasteiger partial charge on any atom is -0.478 e. The molecule has 0 bridgehead atoms. The van der Waals surface area contributed by atoms with Crippen LogP contribution in [0.25, 0.3) is 0 Å². The van der Waals surface area contributed by atoms with Crippen molar-refractivity contribution in [3.05, 3.63) is 24.4 Å². The molecule has 0 aliphatic heterocycles. The summed E-state index contributed by atoms with van der Waals surface area (Å²) >= 11 is 0. The molecule has 0 atom stereocenters. The van der Waals surface area contributed by atoms with Crippen LogP contribution in [0, 0.1) is 0 Å². The molecule has 3 heteroatoms. The van der Waals surface area contributed by atoms with Gasteiger partial charge in [-0.15, -0.1) is 0 Å². The molecule has 2 N–H and O–H groups in total. The molecule has 0 unspecified atom stereocenters. The van der Waals surface area contributed by atoms with Gasteiger partial charge in [0.1, 0.15) is 0 Å². The fourth-order valence-corrected chi connectivity index (χ4v) is 0.657. The van der Waals surface area contributed by atoms with Crippen molar-refractivity contribution < 1.29 is 9.90 Å². The summed E-state index contributed by atoms with van der Waals surface area (Å²) < 4.78 is 0. The summed E-state index contributed by atoms with van der Waals surface area (Å²) in [5.41, 5.74) is 0.644. The van der Waals surface area contributed by atoms with Crippen molar-refractivity contribution in [1.82, 2.24) is 5.32 Å². The predicted molar refractivity (Wildman–Crippen MR) is 48.8 cm³/mol. The van der Waals surface area contributed by atoms with Gasteiger partial charge in [0.25, 0.3) is 0 Å². The summed E-state index contributed by atoms with van der Waals surface area (Å²) in [5.74, 6) is -0.951. The van der Waals surface area contributed by atoms with Crippen LogP contribution >= 0.6 is 0 Å². The summed E-state index contributed by atoms with van der Waals surface area (Å²) in [6.07, 6.45) is 4.71. The number of nitrogens with one attached hydrogen (secondary N) is 1. The molecular formula is C9H15NO2. The van der Waals surface area contributed by atoms with Crippen molar-refractivity contribution in [2.24, 2.45) is 0 Å². The van der Waals surface area contributed by atoms with E-state index in [0.29, 0.717) is 5.70 Å². The van der Waals surface area contributed by atoms with Crippen molar-refractivity contribution in [1.29, 1.82) is 0 Å². The minimum atomic E-state index is -0.951. The zero-order chi connectivity index (χ0) is 9.40. The lowest BCUT2D eigenvalue weighted by Crippen LogP contribution is -2.12. The van der Waals surface area contributed by atoms with Gasteiger partial charge in [0.2, 0.25) is 0 Å². The highest BCUT2D eigenvalue weighted by Crippen LogP contribution is 1.89. The number of allylic oxidation sites excluding steroid dienone is 1. The highest BCUT2D eigenvalue weighted by atomic mass is 16.4. The molecular weight excluding hydrogens is 154 g/mol. The smallest absolute Gasteiger partial charge is 0.328 e. The SMILES string of the molecule is C=C(/C=C\C(=O)O)NCCCC. The second-order valence-electron chi connectivity index (χ2n) is 2.48. The lowest BCUT2D eigenvalue weighted by Gasteiger charge is -2.02. The zero-order valence-electron chi connectivity index (χ0n) is 7.34. The molecule has 0 saturated heterocycles. The number of rotatable bonds is 6. The molecule has 0 aromatic heterocycles. The van der Waals surface area contributed by atoms with Crippen molar-refractivity contribution in [3.8, 4) is 0 Å². The van der Waals surface area contributed by atoms with E-state index in [0.717, 1.165) is 25.5 Å². The maximum absolute atomic E-state index is 10.1. The number of aliphatic carboxylic acids is 1. The molecule has 0 aliphatic carbocycles. The second kappa shape index (κ2) is 6.46. The normalized spacial score (nSPS) is 10.1. The number of carboxylic acid groups (broad SMARTS) is 1. The Morgan fingerprint density at radius 3 is 2.75 bits per heavy atom. The van der Waals surface area contributed by atoms with Gasteiger partial charge in [-0.2, -0.15) is 0 Å². The fraction of sp³-hybridized carbons (Fsp3) is 0.444. The quantitative estimate of drug-likeness (QED) is 0.360. The first-order valence-electron chi connectivity index (χ1n) is 4.00. The van der Waals surface area contributed by atoms with Crippen LogP contribution in [0.15, 0.2) is 24.4 Å². The van der Waals surface area contributed by atoms with Gasteiger partial charge in [0, 0.05) is 18.3 Å². The third-order valence-electron chi connectivity index (χ3n) is 1.31. The molecule has 0 spiro atoms. The summed E-state index contributed by atoms with van der Waals surface area (Å²) in [4.78, 5) is 10.1. The molecule has 0 radical (unpaired) electrons. The van der Waals surface area contributed by atoms with E-state index in [1.807, 2.05) is 0 Å². The lowest BCUT2D eigenvalue weighted by molar-refractivity contribution is -0.131. The van der Waals surface area contributed by atoms with Crippen LogP contribution < -0.4 is 5.32 Å². The Morgan fingerprint density at radius 1 is 1.58 bits per heavy atom. The average Bonchev–Trinajstić information content (AvgIpc) is 2.01.